The number of nitrogens with zero attached hydrogens (tertiary/aromatic N) is 2. The Morgan fingerprint density at radius 3 is 2.64 bits per heavy atom. The summed E-state index contributed by atoms with van der Waals surface area (Å²) < 4.78 is 0. The van der Waals surface area contributed by atoms with Crippen LogP contribution in [0.25, 0.3) is 0 Å². The number of carbonyl (C=O) groups is 1. The molecule has 1 amide bonds. The average Bonchev–Trinajstić information content (AvgIpc) is 3.01. The molecule has 0 aliphatic carbocycles. The van der Waals surface area contributed by atoms with Crippen LogP contribution in [0.5, 0.6) is 0 Å². The molecule has 1 heterocycles. The van der Waals surface area contributed by atoms with Crippen LogP contribution in [0.3, 0.4) is 0 Å². The van der Waals surface area contributed by atoms with Gasteiger partial charge in [0.2, 0.25) is 0 Å². The molecule has 0 spiro atoms. The molecular weight excluding hydrogens is 282 g/mol. The first-order valence-electron chi connectivity index (χ1n) is 7.80. The van der Waals surface area contributed by atoms with Crippen LogP contribution in [0.4, 0.5) is 5.69 Å². The highest BCUT2D eigenvalue weighted by Gasteiger charge is 2.21. The number of nitro groups is 1. The third-order valence-corrected chi connectivity index (χ3v) is 4.28. The van der Waals surface area contributed by atoms with E-state index in [1.165, 1.54) is 25.0 Å². The largest absolute Gasteiger partial charge is 0.350 e. The fraction of sp³-hybridized carbons (Fsp3) is 0.562. The van der Waals surface area contributed by atoms with E-state index in [2.05, 4.69) is 17.1 Å². The van der Waals surface area contributed by atoms with Gasteiger partial charge in [0, 0.05) is 29.8 Å². The van der Waals surface area contributed by atoms with Crippen LogP contribution in [0.15, 0.2) is 18.2 Å². The van der Waals surface area contributed by atoms with E-state index in [-0.39, 0.29) is 11.6 Å². The van der Waals surface area contributed by atoms with Crippen LogP contribution < -0.4 is 5.32 Å². The predicted molar refractivity (Wildman–Crippen MR) is 85.1 cm³/mol. The van der Waals surface area contributed by atoms with E-state index in [1.807, 2.05) is 0 Å². The Bertz CT molecular complexity index is 554. The number of nitro benzene ring substituents is 1. The van der Waals surface area contributed by atoms with Crippen LogP contribution in [0.1, 0.15) is 42.1 Å². The molecule has 120 valence electrons. The molecule has 1 N–H and O–H groups in total. The fourth-order valence-corrected chi connectivity index (χ4v) is 2.95. The maximum atomic E-state index is 12.2. The Balaban J connectivity index is 1.96. The van der Waals surface area contributed by atoms with Crippen molar-refractivity contribution < 1.29 is 9.72 Å². The Labute approximate surface area is 130 Å². The molecule has 1 unspecified atom stereocenters. The fourth-order valence-electron chi connectivity index (χ4n) is 2.95. The monoisotopic (exact) mass is 305 g/mol. The van der Waals surface area contributed by atoms with Crippen molar-refractivity contribution in [2.75, 3.05) is 19.6 Å². The number of benzene rings is 1. The molecule has 0 bridgehead atoms. The van der Waals surface area contributed by atoms with Crippen molar-refractivity contribution in [3.8, 4) is 0 Å². The van der Waals surface area contributed by atoms with E-state index < -0.39 is 4.92 Å². The highest BCUT2D eigenvalue weighted by atomic mass is 16.6. The van der Waals surface area contributed by atoms with E-state index in [0.717, 1.165) is 19.5 Å². The number of likely N-dealkylation sites (tertiary alicyclic amines) is 1. The summed E-state index contributed by atoms with van der Waals surface area (Å²) in [4.78, 5) is 25.0. The van der Waals surface area contributed by atoms with Gasteiger partial charge in [0.15, 0.2) is 0 Å². The topological polar surface area (TPSA) is 75.5 Å². The van der Waals surface area contributed by atoms with Gasteiger partial charge in [-0.3, -0.25) is 19.8 Å². The average molecular weight is 305 g/mol. The zero-order valence-corrected chi connectivity index (χ0v) is 13.2. The number of nitrogens with one attached hydrogen (secondary N) is 1. The van der Waals surface area contributed by atoms with Gasteiger partial charge in [0.1, 0.15) is 0 Å². The van der Waals surface area contributed by atoms with Crippen LogP contribution in [-0.2, 0) is 0 Å². The number of aryl methyl sites for hydroxylation is 1. The lowest BCUT2D eigenvalue weighted by Crippen LogP contribution is -2.42. The summed E-state index contributed by atoms with van der Waals surface area (Å²) in [5, 5.41) is 13.8. The van der Waals surface area contributed by atoms with Crippen molar-refractivity contribution >= 4 is 11.6 Å². The first kappa shape index (κ1) is 16.4. The molecule has 1 aromatic rings. The lowest BCUT2D eigenvalue weighted by molar-refractivity contribution is -0.385. The molecule has 6 heteroatoms. The first-order valence-corrected chi connectivity index (χ1v) is 7.80. The summed E-state index contributed by atoms with van der Waals surface area (Å²) in [7, 11) is 0. The predicted octanol–water partition coefficient (Wildman–Crippen LogP) is 2.51. The maximum absolute atomic E-state index is 12.2. The molecule has 6 nitrogen and oxygen atoms in total. The minimum atomic E-state index is -0.433. The summed E-state index contributed by atoms with van der Waals surface area (Å²) >= 11 is 0. The second-order valence-electron chi connectivity index (χ2n) is 5.77. The zero-order chi connectivity index (χ0) is 16.1. The number of hydrogen-bond acceptors (Lipinski definition) is 4. The maximum Gasteiger partial charge on any atom is 0.272 e. The zero-order valence-electron chi connectivity index (χ0n) is 13.2. The van der Waals surface area contributed by atoms with Crippen LogP contribution in [-0.4, -0.2) is 41.4 Å². The molecule has 1 aliphatic rings. The van der Waals surface area contributed by atoms with E-state index in [1.54, 1.807) is 13.0 Å². The van der Waals surface area contributed by atoms with E-state index >= 15 is 0 Å². The number of carbonyl (C=O) groups excluding carboxylic acids is 1. The smallest absolute Gasteiger partial charge is 0.272 e. The first-order chi connectivity index (χ1) is 10.5. The third kappa shape index (κ3) is 3.82. The molecule has 2 rings (SSSR count). The van der Waals surface area contributed by atoms with E-state index in [4.69, 9.17) is 0 Å². The highest BCUT2D eigenvalue weighted by molar-refractivity contribution is 5.94. The Hall–Kier alpha value is -1.95. The molecule has 22 heavy (non-hydrogen) atoms. The Kier molecular flexibility index (Phi) is 5.49. The molecule has 0 aromatic heterocycles. The van der Waals surface area contributed by atoms with Gasteiger partial charge in [0.25, 0.3) is 11.6 Å². The highest BCUT2D eigenvalue weighted by Crippen LogP contribution is 2.19. The van der Waals surface area contributed by atoms with Crippen molar-refractivity contribution in [3.05, 3.63) is 39.4 Å². The molecule has 1 aliphatic heterocycles. The van der Waals surface area contributed by atoms with Gasteiger partial charge in [-0.15, -0.1) is 0 Å². The normalized spacial score (nSPS) is 16.5. The van der Waals surface area contributed by atoms with Gasteiger partial charge >= 0.3 is 0 Å². The quantitative estimate of drug-likeness (QED) is 0.647. The summed E-state index contributed by atoms with van der Waals surface area (Å²) in [6.07, 6.45) is 3.46. The van der Waals surface area contributed by atoms with Crippen LogP contribution in [0.2, 0.25) is 0 Å². The van der Waals surface area contributed by atoms with Crippen molar-refractivity contribution in [2.24, 2.45) is 0 Å². The second-order valence-corrected chi connectivity index (χ2v) is 5.77. The van der Waals surface area contributed by atoms with Crippen LogP contribution in [0, 0.1) is 17.0 Å². The third-order valence-electron chi connectivity index (χ3n) is 4.28. The summed E-state index contributed by atoms with van der Waals surface area (Å²) in [5.41, 5.74) is 1.02. The van der Waals surface area contributed by atoms with Gasteiger partial charge < -0.3 is 5.32 Å². The lowest BCUT2D eigenvalue weighted by atomic mass is 10.1. The van der Waals surface area contributed by atoms with E-state index in [9.17, 15) is 14.9 Å². The van der Waals surface area contributed by atoms with E-state index in [0.29, 0.717) is 23.7 Å². The number of hydrogen-bond donors (Lipinski definition) is 1. The van der Waals surface area contributed by atoms with Crippen molar-refractivity contribution in [1.29, 1.82) is 0 Å². The molecule has 0 saturated carbocycles. The summed E-state index contributed by atoms with van der Waals surface area (Å²) in [6.45, 7) is 6.60. The molecule has 1 atom stereocenters. The molecule has 1 saturated heterocycles. The number of rotatable bonds is 6. The van der Waals surface area contributed by atoms with Gasteiger partial charge in [-0.1, -0.05) is 6.92 Å². The van der Waals surface area contributed by atoms with Gasteiger partial charge in [0.05, 0.1) is 4.92 Å². The minimum Gasteiger partial charge on any atom is -0.350 e. The minimum absolute atomic E-state index is 0.0417. The van der Waals surface area contributed by atoms with Crippen molar-refractivity contribution in [2.45, 2.75) is 39.2 Å². The molecule has 1 aromatic carbocycles. The van der Waals surface area contributed by atoms with Gasteiger partial charge in [-0.25, -0.2) is 0 Å². The summed E-state index contributed by atoms with van der Waals surface area (Å²) in [5.74, 6) is -0.171. The second kappa shape index (κ2) is 7.35. The van der Waals surface area contributed by atoms with Crippen molar-refractivity contribution in [1.82, 2.24) is 10.2 Å². The van der Waals surface area contributed by atoms with Gasteiger partial charge in [-0.05, 0) is 51.4 Å². The Morgan fingerprint density at radius 2 is 2.09 bits per heavy atom. The summed E-state index contributed by atoms with van der Waals surface area (Å²) in [6, 6.07) is 4.84. The Morgan fingerprint density at radius 1 is 1.41 bits per heavy atom. The standard InChI is InChI=1S/C16H23N3O3/c1-3-14(18-8-4-5-9-18)11-17-16(20)13-6-7-15(19(21)22)12(2)10-13/h6-7,10,14H,3-5,8-9,11H2,1-2H3,(H,17,20). The lowest BCUT2D eigenvalue weighted by Gasteiger charge is -2.26. The van der Waals surface area contributed by atoms with Crippen LogP contribution >= 0.6 is 0 Å². The molecule has 0 radical (unpaired) electrons. The number of amides is 1. The molecule has 1 fully saturated rings. The SMILES string of the molecule is CCC(CNC(=O)c1ccc([N+](=O)[O-])c(C)c1)N1CCCC1. The van der Waals surface area contributed by atoms with Crippen molar-refractivity contribution in [3.63, 3.8) is 0 Å². The van der Waals surface area contributed by atoms with Gasteiger partial charge in [-0.2, -0.15) is 0 Å². The molecular formula is C16H23N3O3.